The molecular formula is C11H16BrNO. The topological polar surface area (TPSA) is 35.2 Å². The third-order valence-electron chi connectivity index (χ3n) is 2.17. The Morgan fingerprint density at radius 3 is 2.57 bits per heavy atom. The largest absolute Gasteiger partial charge is 0.398 e. The van der Waals surface area contributed by atoms with Crippen LogP contribution in [0.1, 0.15) is 26.3 Å². The number of nitrogen functional groups attached to an aromatic ring is 1. The summed E-state index contributed by atoms with van der Waals surface area (Å²) in [6, 6.07) is 5.87. The van der Waals surface area contributed by atoms with E-state index in [0.29, 0.717) is 6.61 Å². The third kappa shape index (κ3) is 2.49. The first-order valence-corrected chi connectivity index (χ1v) is 5.46. The quantitative estimate of drug-likeness (QED) is 0.844. The highest BCUT2D eigenvalue weighted by molar-refractivity contribution is 9.10. The first-order valence-electron chi connectivity index (χ1n) is 4.67. The van der Waals surface area contributed by atoms with Crippen molar-refractivity contribution in [1.82, 2.24) is 0 Å². The van der Waals surface area contributed by atoms with E-state index in [1.807, 2.05) is 39.0 Å². The maximum Gasteiger partial charge on any atom is 0.0894 e. The molecule has 1 rings (SSSR count). The highest BCUT2D eigenvalue weighted by atomic mass is 79.9. The lowest BCUT2D eigenvalue weighted by Crippen LogP contribution is -2.22. The van der Waals surface area contributed by atoms with Gasteiger partial charge in [0, 0.05) is 22.3 Å². The molecule has 2 nitrogen and oxygen atoms in total. The number of benzene rings is 1. The normalized spacial score (nSPS) is 11.7. The Morgan fingerprint density at radius 1 is 1.43 bits per heavy atom. The van der Waals surface area contributed by atoms with E-state index in [1.165, 1.54) is 0 Å². The number of ether oxygens (including phenoxy) is 1. The average Bonchev–Trinajstić information content (AvgIpc) is 2.02. The van der Waals surface area contributed by atoms with Crippen molar-refractivity contribution in [3.63, 3.8) is 0 Å². The van der Waals surface area contributed by atoms with Crippen LogP contribution in [0.3, 0.4) is 0 Å². The number of hydrogen-bond donors (Lipinski definition) is 1. The molecule has 1 aromatic carbocycles. The van der Waals surface area contributed by atoms with E-state index in [0.717, 1.165) is 15.7 Å². The van der Waals surface area contributed by atoms with Crippen molar-refractivity contribution in [1.29, 1.82) is 0 Å². The van der Waals surface area contributed by atoms with Crippen LogP contribution >= 0.6 is 15.9 Å². The van der Waals surface area contributed by atoms with Gasteiger partial charge in [-0.05, 0) is 32.9 Å². The minimum atomic E-state index is -0.320. The lowest BCUT2D eigenvalue weighted by molar-refractivity contribution is -0.0134. The van der Waals surface area contributed by atoms with Gasteiger partial charge < -0.3 is 10.5 Å². The SMILES string of the molecule is CCOC(C)(C)c1ccc(Br)cc1N. The zero-order valence-electron chi connectivity index (χ0n) is 8.80. The van der Waals surface area contributed by atoms with Gasteiger partial charge in [-0.3, -0.25) is 0 Å². The summed E-state index contributed by atoms with van der Waals surface area (Å²) >= 11 is 3.38. The summed E-state index contributed by atoms with van der Waals surface area (Å²) in [5.41, 5.74) is 7.40. The van der Waals surface area contributed by atoms with Crippen molar-refractivity contribution in [2.24, 2.45) is 0 Å². The number of hydrogen-bond acceptors (Lipinski definition) is 2. The summed E-state index contributed by atoms with van der Waals surface area (Å²) < 4.78 is 6.63. The maximum atomic E-state index is 5.93. The Balaban J connectivity index is 3.06. The summed E-state index contributed by atoms with van der Waals surface area (Å²) in [6.45, 7) is 6.71. The number of halogens is 1. The molecule has 3 heteroatoms. The van der Waals surface area contributed by atoms with Crippen LogP contribution in [0.5, 0.6) is 0 Å². The standard InChI is InChI=1S/C11H16BrNO/c1-4-14-11(2,3)9-6-5-8(12)7-10(9)13/h5-7H,4,13H2,1-3H3. The monoisotopic (exact) mass is 257 g/mol. The zero-order chi connectivity index (χ0) is 10.8. The highest BCUT2D eigenvalue weighted by Gasteiger charge is 2.22. The molecular weight excluding hydrogens is 242 g/mol. The number of rotatable bonds is 3. The molecule has 0 saturated heterocycles. The van der Waals surface area contributed by atoms with Crippen molar-refractivity contribution in [2.75, 3.05) is 12.3 Å². The molecule has 78 valence electrons. The van der Waals surface area contributed by atoms with Gasteiger partial charge in [0.25, 0.3) is 0 Å². The van der Waals surface area contributed by atoms with Crippen molar-refractivity contribution in [3.8, 4) is 0 Å². The summed E-state index contributed by atoms with van der Waals surface area (Å²) in [7, 11) is 0. The second-order valence-electron chi connectivity index (χ2n) is 3.67. The Bertz CT molecular complexity index is 323. The first kappa shape index (κ1) is 11.5. The number of nitrogens with two attached hydrogens (primary N) is 1. The Hall–Kier alpha value is -0.540. The molecule has 0 bridgehead atoms. The first-order chi connectivity index (χ1) is 6.47. The Morgan fingerprint density at radius 2 is 2.07 bits per heavy atom. The van der Waals surface area contributed by atoms with E-state index in [2.05, 4.69) is 15.9 Å². The average molecular weight is 258 g/mol. The zero-order valence-corrected chi connectivity index (χ0v) is 10.4. The maximum absolute atomic E-state index is 5.93. The summed E-state index contributed by atoms with van der Waals surface area (Å²) in [4.78, 5) is 0. The molecule has 0 amide bonds. The molecule has 0 spiro atoms. The van der Waals surface area contributed by atoms with E-state index in [-0.39, 0.29) is 5.60 Å². The van der Waals surface area contributed by atoms with Gasteiger partial charge in [-0.15, -0.1) is 0 Å². The van der Waals surface area contributed by atoms with Crippen molar-refractivity contribution in [3.05, 3.63) is 28.2 Å². The van der Waals surface area contributed by atoms with E-state index < -0.39 is 0 Å². The van der Waals surface area contributed by atoms with Gasteiger partial charge in [0.1, 0.15) is 0 Å². The van der Waals surface area contributed by atoms with Crippen LogP contribution in [-0.2, 0) is 10.3 Å². The van der Waals surface area contributed by atoms with Crippen LogP contribution in [0.2, 0.25) is 0 Å². The molecule has 0 atom stereocenters. The minimum Gasteiger partial charge on any atom is -0.398 e. The van der Waals surface area contributed by atoms with Crippen LogP contribution < -0.4 is 5.73 Å². The van der Waals surface area contributed by atoms with Gasteiger partial charge in [0.05, 0.1) is 5.60 Å². The predicted octanol–water partition coefficient (Wildman–Crippen LogP) is 3.30. The van der Waals surface area contributed by atoms with Crippen LogP contribution in [0.4, 0.5) is 5.69 Å². The van der Waals surface area contributed by atoms with Crippen LogP contribution in [0.25, 0.3) is 0 Å². The Labute approximate surface area is 93.6 Å². The van der Waals surface area contributed by atoms with Crippen LogP contribution in [0.15, 0.2) is 22.7 Å². The number of anilines is 1. The molecule has 0 aliphatic carbocycles. The summed E-state index contributed by atoms with van der Waals surface area (Å²) in [5, 5.41) is 0. The lowest BCUT2D eigenvalue weighted by atomic mass is 9.96. The van der Waals surface area contributed by atoms with Crippen LogP contribution in [0, 0.1) is 0 Å². The summed E-state index contributed by atoms with van der Waals surface area (Å²) in [6.07, 6.45) is 0. The van der Waals surface area contributed by atoms with E-state index in [1.54, 1.807) is 0 Å². The third-order valence-corrected chi connectivity index (χ3v) is 2.66. The molecule has 2 N–H and O–H groups in total. The molecule has 0 heterocycles. The van der Waals surface area contributed by atoms with E-state index in [4.69, 9.17) is 10.5 Å². The molecule has 0 fully saturated rings. The van der Waals surface area contributed by atoms with Gasteiger partial charge in [0.2, 0.25) is 0 Å². The fraction of sp³-hybridized carbons (Fsp3) is 0.455. The molecule has 0 aliphatic heterocycles. The smallest absolute Gasteiger partial charge is 0.0894 e. The molecule has 0 aliphatic rings. The van der Waals surface area contributed by atoms with Gasteiger partial charge in [-0.1, -0.05) is 22.0 Å². The minimum absolute atomic E-state index is 0.320. The molecule has 0 saturated carbocycles. The predicted molar refractivity (Wildman–Crippen MR) is 63.2 cm³/mol. The van der Waals surface area contributed by atoms with Crippen molar-refractivity contribution < 1.29 is 4.74 Å². The fourth-order valence-electron chi connectivity index (χ4n) is 1.52. The molecule has 0 aromatic heterocycles. The van der Waals surface area contributed by atoms with Crippen LogP contribution in [-0.4, -0.2) is 6.61 Å². The van der Waals surface area contributed by atoms with Crippen molar-refractivity contribution in [2.45, 2.75) is 26.4 Å². The second-order valence-corrected chi connectivity index (χ2v) is 4.59. The summed E-state index contributed by atoms with van der Waals surface area (Å²) in [5.74, 6) is 0. The highest BCUT2D eigenvalue weighted by Crippen LogP contribution is 2.31. The molecule has 0 unspecified atom stereocenters. The van der Waals surface area contributed by atoms with E-state index >= 15 is 0 Å². The van der Waals surface area contributed by atoms with Gasteiger partial charge in [-0.2, -0.15) is 0 Å². The fourth-order valence-corrected chi connectivity index (χ4v) is 1.90. The molecule has 14 heavy (non-hydrogen) atoms. The molecule has 0 radical (unpaired) electrons. The second kappa shape index (κ2) is 4.32. The Kier molecular flexibility index (Phi) is 3.56. The van der Waals surface area contributed by atoms with E-state index in [9.17, 15) is 0 Å². The lowest BCUT2D eigenvalue weighted by Gasteiger charge is -2.26. The van der Waals surface area contributed by atoms with Gasteiger partial charge in [-0.25, -0.2) is 0 Å². The van der Waals surface area contributed by atoms with Gasteiger partial charge in [0.15, 0.2) is 0 Å². The van der Waals surface area contributed by atoms with Gasteiger partial charge >= 0.3 is 0 Å². The molecule has 1 aromatic rings. The van der Waals surface area contributed by atoms with Crippen molar-refractivity contribution >= 4 is 21.6 Å².